The van der Waals surface area contributed by atoms with Crippen molar-refractivity contribution < 1.29 is 29.9 Å². The van der Waals surface area contributed by atoms with Crippen LogP contribution in [-0.2, 0) is 16.1 Å². The number of aliphatic hydroxyl groups excluding tert-OH is 1. The monoisotopic (exact) mass is 285 g/mol. The number of amides is 1. The summed E-state index contributed by atoms with van der Waals surface area (Å²) in [7, 11) is 0. The minimum Gasteiger partial charge on any atom is -0.457 e. The fourth-order valence-corrected chi connectivity index (χ4v) is 1.48. The third-order valence-electron chi connectivity index (χ3n) is 2.58. The number of benzene rings is 1. The first-order chi connectivity index (χ1) is 9.56. The minimum absolute atomic E-state index is 0.00447. The van der Waals surface area contributed by atoms with Gasteiger partial charge in [-0.05, 0) is 24.1 Å². The van der Waals surface area contributed by atoms with E-state index in [2.05, 4.69) is 10.2 Å². The van der Waals surface area contributed by atoms with Crippen LogP contribution in [0.4, 0.5) is 0 Å². The molecule has 0 aliphatic heterocycles. The molecule has 1 aromatic rings. The number of hydrogen-bond donors (Lipinski definition) is 4. The second kappa shape index (κ2) is 8.49. The van der Waals surface area contributed by atoms with Crippen LogP contribution in [0.5, 0.6) is 5.75 Å². The molecule has 112 valence electrons. The molecule has 0 saturated carbocycles. The molecule has 7 heteroatoms. The van der Waals surface area contributed by atoms with Gasteiger partial charge >= 0.3 is 0 Å². The predicted molar refractivity (Wildman–Crippen MR) is 69.8 cm³/mol. The summed E-state index contributed by atoms with van der Waals surface area (Å²) in [6.45, 7) is 2.33. The maximum Gasteiger partial charge on any atom is 0.280 e. The van der Waals surface area contributed by atoms with Crippen LogP contribution in [0.3, 0.4) is 0 Å². The average Bonchev–Trinajstić information content (AvgIpc) is 2.45. The van der Waals surface area contributed by atoms with E-state index in [1.807, 2.05) is 0 Å². The van der Waals surface area contributed by atoms with Gasteiger partial charge in [0.05, 0.1) is 0 Å². The van der Waals surface area contributed by atoms with E-state index in [0.29, 0.717) is 25.1 Å². The summed E-state index contributed by atoms with van der Waals surface area (Å²) in [5.41, 5.74) is 0.986. The normalized spacial score (nSPS) is 12.2. The fraction of sp³-hybridized carbons (Fsp3) is 0.462. The van der Waals surface area contributed by atoms with Crippen molar-refractivity contribution in [1.82, 2.24) is 5.32 Å². The van der Waals surface area contributed by atoms with Gasteiger partial charge in [0.1, 0.15) is 5.75 Å². The zero-order valence-corrected chi connectivity index (χ0v) is 11.2. The van der Waals surface area contributed by atoms with E-state index in [-0.39, 0.29) is 5.91 Å². The molecule has 0 aliphatic rings. The van der Waals surface area contributed by atoms with Crippen LogP contribution < -0.4 is 10.1 Å². The Bertz CT molecular complexity index is 406. The van der Waals surface area contributed by atoms with E-state index < -0.39 is 12.6 Å². The van der Waals surface area contributed by atoms with Crippen molar-refractivity contribution in [2.75, 3.05) is 6.54 Å². The minimum atomic E-state index is -1.95. The number of rotatable bonds is 8. The molecule has 7 nitrogen and oxygen atoms in total. The van der Waals surface area contributed by atoms with Crippen molar-refractivity contribution in [2.45, 2.75) is 32.3 Å². The Morgan fingerprint density at radius 2 is 1.95 bits per heavy atom. The Kier molecular flexibility index (Phi) is 6.96. The molecule has 1 aromatic carbocycles. The van der Waals surface area contributed by atoms with Gasteiger partial charge in [0.25, 0.3) is 6.29 Å². The lowest BCUT2D eigenvalue weighted by Crippen LogP contribution is -2.33. The lowest BCUT2D eigenvalue weighted by atomic mass is 10.1. The van der Waals surface area contributed by atoms with Crippen LogP contribution >= 0.6 is 0 Å². The molecule has 0 fully saturated rings. The maximum absolute atomic E-state index is 11.1. The third-order valence-corrected chi connectivity index (χ3v) is 2.58. The highest BCUT2D eigenvalue weighted by Gasteiger charge is 2.19. The van der Waals surface area contributed by atoms with Gasteiger partial charge in [-0.2, -0.15) is 4.89 Å². The highest BCUT2D eigenvalue weighted by atomic mass is 17.1. The van der Waals surface area contributed by atoms with E-state index in [1.165, 1.54) is 0 Å². The molecule has 0 heterocycles. The molecule has 1 amide bonds. The van der Waals surface area contributed by atoms with Gasteiger partial charge in [0.2, 0.25) is 12.2 Å². The average molecular weight is 285 g/mol. The van der Waals surface area contributed by atoms with Crippen molar-refractivity contribution in [3.63, 3.8) is 0 Å². The van der Waals surface area contributed by atoms with Crippen LogP contribution in [0.1, 0.15) is 18.9 Å². The van der Waals surface area contributed by atoms with E-state index in [1.54, 1.807) is 31.2 Å². The highest BCUT2D eigenvalue weighted by Crippen LogP contribution is 2.15. The highest BCUT2D eigenvalue weighted by molar-refractivity contribution is 5.75. The van der Waals surface area contributed by atoms with Crippen LogP contribution in [0.15, 0.2) is 24.3 Å². The topological polar surface area (TPSA) is 108 Å². The van der Waals surface area contributed by atoms with Crippen LogP contribution in [0.25, 0.3) is 0 Å². The predicted octanol–water partition coefficient (Wildman–Crippen LogP) is 0.260. The van der Waals surface area contributed by atoms with E-state index >= 15 is 0 Å². The van der Waals surface area contributed by atoms with Gasteiger partial charge in [-0.25, -0.2) is 5.26 Å². The summed E-state index contributed by atoms with van der Waals surface area (Å²) >= 11 is 0. The number of ether oxygens (including phenoxy) is 1. The van der Waals surface area contributed by atoms with Crippen molar-refractivity contribution in [1.29, 1.82) is 0 Å². The quantitative estimate of drug-likeness (QED) is 0.310. The molecule has 0 bridgehead atoms. The first kappa shape index (κ1) is 16.4. The van der Waals surface area contributed by atoms with Gasteiger partial charge in [-0.1, -0.05) is 19.1 Å². The number of carbonyl (C=O) groups excluding carboxylic acids is 1. The van der Waals surface area contributed by atoms with Crippen molar-refractivity contribution in [3.05, 3.63) is 29.8 Å². The Morgan fingerprint density at radius 1 is 1.30 bits per heavy atom. The molecule has 1 unspecified atom stereocenters. The zero-order chi connectivity index (χ0) is 15.0. The van der Waals surface area contributed by atoms with Gasteiger partial charge in [0, 0.05) is 13.0 Å². The molecule has 0 saturated heterocycles. The summed E-state index contributed by atoms with van der Waals surface area (Å²) < 4.78 is 5.00. The smallest absolute Gasteiger partial charge is 0.280 e. The van der Waals surface area contributed by atoms with Gasteiger partial charge < -0.3 is 20.3 Å². The molecule has 0 aromatic heterocycles. The molecular weight excluding hydrogens is 266 g/mol. The number of hydrogen-bond acceptors (Lipinski definition) is 6. The zero-order valence-electron chi connectivity index (χ0n) is 11.2. The summed E-state index contributed by atoms with van der Waals surface area (Å²) in [6.07, 6.45) is -2.39. The molecule has 20 heavy (non-hydrogen) atoms. The van der Waals surface area contributed by atoms with Crippen LogP contribution in [-0.4, -0.2) is 40.5 Å². The first-order valence-electron chi connectivity index (χ1n) is 6.25. The van der Waals surface area contributed by atoms with Gasteiger partial charge in [-0.3, -0.25) is 4.79 Å². The SMILES string of the molecule is CCC(=O)NCCc1ccc(OC(OO)C(O)O)cc1. The second-order valence-electron chi connectivity index (χ2n) is 4.10. The first-order valence-corrected chi connectivity index (χ1v) is 6.25. The molecule has 1 atom stereocenters. The van der Waals surface area contributed by atoms with Crippen molar-refractivity contribution in [2.24, 2.45) is 0 Å². The Hall–Kier alpha value is -1.67. The van der Waals surface area contributed by atoms with Crippen LogP contribution in [0.2, 0.25) is 0 Å². The summed E-state index contributed by atoms with van der Waals surface area (Å²) in [5, 5.41) is 28.8. The molecule has 0 spiro atoms. The lowest BCUT2D eigenvalue weighted by molar-refractivity contribution is -0.368. The molecule has 1 rings (SSSR count). The third kappa shape index (κ3) is 5.54. The second-order valence-corrected chi connectivity index (χ2v) is 4.10. The summed E-state index contributed by atoms with van der Waals surface area (Å²) in [5.74, 6) is 0.323. The van der Waals surface area contributed by atoms with Crippen LogP contribution in [0, 0.1) is 0 Å². The summed E-state index contributed by atoms with van der Waals surface area (Å²) in [6, 6.07) is 6.74. The molecule has 4 N–H and O–H groups in total. The van der Waals surface area contributed by atoms with E-state index in [4.69, 9.17) is 20.2 Å². The molecular formula is C13H19NO6. The Morgan fingerprint density at radius 3 is 2.45 bits per heavy atom. The molecule has 0 aliphatic carbocycles. The van der Waals surface area contributed by atoms with E-state index in [0.717, 1.165) is 5.56 Å². The maximum atomic E-state index is 11.1. The molecule has 0 radical (unpaired) electrons. The van der Waals surface area contributed by atoms with Gasteiger partial charge in [-0.15, -0.1) is 0 Å². The van der Waals surface area contributed by atoms with Gasteiger partial charge in [0.15, 0.2) is 0 Å². The standard InChI is InChI=1S/C13H19NO6/c1-2-11(15)14-8-7-9-3-5-10(6-4-9)19-13(20-18)12(16)17/h3-6,12-13,16-18H,2,7-8H2,1H3,(H,14,15). The largest absolute Gasteiger partial charge is 0.457 e. The van der Waals surface area contributed by atoms with E-state index in [9.17, 15) is 4.79 Å². The number of aliphatic hydroxyl groups is 2. The number of carbonyl (C=O) groups is 1. The van der Waals surface area contributed by atoms with Crippen molar-refractivity contribution in [3.8, 4) is 5.75 Å². The summed E-state index contributed by atoms with van der Waals surface area (Å²) in [4.78, 5) is 14.8. The Balaban J connectivity index is 2.45. The number of nitrogens with one attached hydrogen (secondary N) is 1. The Labute approximate surface area is 116 Å². The van der Waals surface area contributed by atoms with Crippen molar-refractivity contribution >= 4 is 5.91 Å². The fourth-order valence-electron chi connectivity index (χ4n) is 1.48. The lowest BCUT2D eigenvalue weighted by Gasteiger charge is -2.17.